The Morgan fingerprint density at radius 3 is 2.14 bits per heavy atom. The lowest BCUT2D eigenvalue weighted by molar-refractivity contribution is -0.142. The van der Waals surface area contributed by atoms with E-state index in [2.05, 4.69) is 0 Å². The standard InChI is InChI=1S/C26H25NO9S/c1-15-9-18(7-8-21(15)28)26(20-5-3-4-6-22(20)37(34,35)36-26)19-10-16(2)25(33)17(11-19)12-27(13-23(29)30)14-24(31)32/h3-11,28,33H,12-14H2,1-2H3,(H,29,30)(H,31,32)/t26-/m1/s1. The molecule has 0 amide bonds. The third-order valence-corrected chi connectivity index (χ3v) is 7.64. The van der Waals surface area contributed by atoms with E-state index in [9.17, 15) is 38.4 Å². The van der Waals surface area contributed by atoms with Crippen LogP contribution in [0.2, 0.25) is 0 Å². The fourth-order valence-corrected chi connectivity index (χ4v) is 6.07. The number of carboxylic acid groups (broad SMARTS) is 2. The average Bonchev–Trinajstić information content (AvgIpc) is 3.06. The highest BCUT2D eigenvalue weighted by atomic mass is 32.2. The summed E-state index contributed by atoms with van der Waals surface area (Å²) in [6.45, 7) is 1.82. The minimum atomic E-state index is -4.21. The number of aliphatic carboxylic acids is 2. The molecule has 3 aromatic carbocycles. The van der Waals surface area contributed by atoms with E-state index in [0.29, 0.717) is 27.8 Å². The SMILES string of the molecule is Cc1cc([C@]2(c3cc(C)c(O)c(CN(CC(=O)O)CC(=O)O)c3)OS(=O)(=O)c3ccccc32)ccc1O. The van der Waals surface area contributed by atoms with Crippen molar-refractivity contribution in [2.45, 2.75) is 30.9 Å². The summed E-state index contributed by atoms with van der Waals surface area (Å²) in [6.07, 6.45) is 0. The molecule has 1 heterocycles. The quantitative estimate of drug-likeness (QED) is 0.321. The van der Waals surface area contributed by atoms with Gasteiger partial charge in [-0.15, -0.1) is 0 Å². The highest BCUT2D eigenvalue weighted by Gasteiger charge is 2.51. The van der Waals surface area contributed by atoms with Gasteiger partial charge in [0.1, 0.15) is 16.4 Å². The van der Waals surface area contributed by atoms with Gasteiger partial charge in [0, 0.05) is 17.7 Å². The number of benzene rings is 3. The highest BCUT2D eigenvalue weighted by molar-refractivity contribution is 7.87. The number of phenolic OH excluding ortho intramolecular Hbond substituents is 2. The Bertz CT molecular complexity index is 1500. The topological polar surface area (TPSA) is 162 Å². The smallest absolute Gasteiger partial charge is 0.317 e. The predicted octanol–water partition coefficient (Wildman–Crippen LogP) is 2.70. The molecule has 4 N–H and O–H groups in total. The molecule has 0 spiro atoms. The van der Waals surface area contributed by atoms with Crippen molar-refractivity contribution in [2.24, 2.45) is 0 Å². The number of aryl methyl sites for hydroxylation is 2. The van der Waals surface area contributed by atoms with E-state index in [1.807, 2.05) is 0 Å². The third-order valence-electron chi connectivity index (χ3n) is 6.27. The zero-order valence-electron chi connectivity index (χ0n) is 20.0. The molecule has 194 valence electrons. The van der Waals surface area contributed by atoms with Gasteiger partial charge in [-0.3, -0.25) is 14.5 Å². The number of nitrogens with zero attached hydrogens (tertiary/aromatic N) is 1. The van der Waals surface area contributed by atoms with Crippen LogP contribution in [0.3, 0.4) is 0 Å². The fraction of sp³-hybridized carbons (Fsp3) is 0.231. The van der Waals surface area contributed by atoms with Crippen LogP contribution in [0.15, 0.2) is 59.5 Å². The van der Waals surface area contributed by atoms with Gasteiger partial charge < -0.3 is 20.4 Å². The van der Waals surface area contributed by atoms with Gasteiger partial charge in [0.25, 0.3) is 10.1 Å². The number of carboxylic acids is 2. The van der Waals surface area contributed by atoms with Crippen molar-refractivity contribution < 1.29 is 42.6 Å². The first-order valence-electron chi connectivity index (χ1n) is 11.2. The maximum absolute atomic E-state index is 13.2. The first-order chi connectivity index (χ1) is 17.3. The van der Waals surface area contributed by atoms with Gasteiger partial charge in [0.05, 0.1) is 13.1 Å². The second-order valence-electron chi connectivity index (χ2n) is 8.95. The number of fused-ring (bicyclic) bond motifs is 1. The Labute approximate surface area is 213 Å². The first kappa shape index (κ1) is 26.1. The molecule has 0 fully saturated rings. The first-order valence-corrected chi connectivity index (χ1v) is 12.6. The molecule has 0 unspecified atom stereocenters. The normalized spacial score (nSPS) is 18.0. The predicted molar refractivity (Wildman–Crippen MR) is 131 cm³/mol. The van der Waals surface area contributed by atoms with Gasteiger partial charge >= 0.3 is 11.9 Å². The van der Waals surface area contributed by atoms with Crippen molar-refractivity contribution in [1.82, 2.24) is 4.90 Å². The summed E-state index contributed by atoms with van der Waals surface area (Å²) < 4.78 is 32.2. The third kappa shape index (κ3) is 4.76. The lowest BCUT2D eigenvalue weighted by Gasteiger charge is -2.31. The van der Waals surface area contributed by atoms with Crippen molar-refractivity contribution in [3.63, 3.8) is 0 Å². The van der Waals surface area contributed by atoms with Crippen LogP contribution in [0, 0.1) is 13.8 Å². The van der Waals surface area contributed by atoms with Gasteiger partial charge in [-0.2, -0.15) is 8.42 Å². The van der Waals surface area contributed by atoms with Crippen LogP contribution in [-0.4, -0.2) is 58.8 Å². The van der Waals surface area contributed by atoms with E-state index >= 15 is 0 Å². The van der Waals surface area contributed by atoms with Crippen LogP contribution in [0.5, 0.6) is 11.5 Å². The molecule has 11 heteroatoms. The van der Waals surface area contributed by atoms with E-state index in [4.69, 9.17) is 4.18 Å². The molecule has 1 atom stereocenters. The van der Waals surface area contributed by atoms with Crippen LogP contribution < -0.4 is 0 Å². The number of aromatic hydroxyl groups is 2. The Morgan fingerprint density at radius 1 is 0.892 bits per heavy atom. The molecular formula is C26H25NO9S. The zero-order valence-corrected chi connectivity index (χ0v) is 20.8. The fourth-order valence-electron chi connectivity index (χ4n) is 4.65. The molecule has 1 aliphatic rings. The molecule has 10 nitrogen and oxygen atoms in total. The molecule has 0 saturated heterocycles. The summed E-state index contributed by atoms with van der Waals surface area (Å²) in [5.41, 5.74) is 0.375. The monoisotopic (exact) mass is 527 g/mol. The molecule has 0 radical (unpaired) electrons. The van der Waals surface area contributed by atoms with E-state index in [0.717, 1.165) is 4.90 Å². The van der Waals surface area contributed by atoms with Crippen LogP contribution in [0.25, 0.3) is 0 Å². The number of rotatable bonds is 8. The lowest BCUT2D eigenvalue weighted by Crippen LogP contribution is -2.34. The molecule has 4 rings (SSSR count). The Morgan fingerprint density at radius 2 is 1.51 bits per heavy atom. The maximum atomic E-state index is 13.2. The Balaban J connectivity index is 1.98. The Kier molecular flexibility index (Phi) is 6.72. The molecular weight excluding hydrogens is 502 g/mol. The highest BCUT2D eigenvalue weighted by Crippen LogP contribution is 2.51. The molecule has 0 aliphatic carbocycles. The average molecular weight is 528 g/mol. The van der Waals surface area contributed by atoms with E-state index in [1.165, 1.54) is 18.2 Å². The van der Waals surface area contributed by atoms with Crippen molar-refractivity contribution in [1.29, 1.82) is 0 Å². The second kappa shape index (κ2) is 9.51. The van der Waals surface area contributed by atoms with Gasteiger partial charge in [-0.25, -0.2) is 4.18 Å². The summed E-state index contributed by atoms with van der Waals surface area (Å²) >= 11 is 0. The van der Waals surface area contributed by atoms with Crippen LogP contribution in [0.1, 0.15) is 33.4 Å². The summed E-state index contributed by atoms with van der Waals surface area (Å²) in [5, 5.41) is 39.4. The molecule has 0 bridgehead atoms. The van der Waals surface area contributed by atoms with Crippen molar-refractivity contribution in [3.05, 3.63) is 88.0 Å². The van der Waals surface area contributed by atoms with Crippen molar-refractivity contribution in [3.8, 4) is 11.5 Å². The van der Waals surface area contributed by atoms with Crippen molar-refractivity contribution in [2.75, 3.05) is 13.1 Å². The molecule has 37 heavy (non-hydrogen) atoms. The van der Waals surface area contributed by atoms with E-state index in [-0.39, 0.29) is 28.5 Å². The van der Waals surface area contributed by atoms with E-state index in [1.54, 1.807) is 50.2 Å². The van der Waals surface area contributed by atoms with Gasteiger partial charge in [-0.1, -0.05) is 24.3 Å². The zero-order chi connectivity index (χ0) is 27.1. The van der Waals surface area contributed by atoms with Crippen LogP contribution >= 0.6 is 0 Å². The number of hydrogen-bond donors (Lipinski definition) is 4. The largest absolute Gasteiger partial charge is 0.508 e. The van der Waals surface area contributed by atoms with Gasteiger partial charge in [0.15, 0.2) is 5.60 Å². The van der Waals surface area contributed by atoms with Crippen molar-refractivity contribution >= 4 is 22.1 Å². The summed E-state index contributed by atoms with van der Waals surface area (Å²) in [5.74, 6) is -2.67. The molecule has 0 saturated carbocycles. The second-order valence-corrected chi connectivity index (χ2v) is 10.5. The van der Waals surface area contributed by atoms with Gasteiger partial charge in [0.2, 0.25) is 0 Å². The number of hydrogen-bond acceptors (Lipinski definition) is 8. The summed E-state index contributed by atoms with van der Waals surface area (Å²) in [6, 6.07) is 13.9. The minimum absolute atomic E-state index is 0.00796. The molecule has 0 aromatic heterocycles. The lowest BCUT2D eigenvalue weighted by atomic mass is 9.78. The Hall–Kier alpha value is -3.93. The molecule has 3 aromatic rings. The summed E-state index contributed by atoms with van der Waals surface area (Å²) in [4.78, 5) is 23.7. The summed E-state index contributed by atoms with van der Waals surface area (Å²) in [7, 11) is -4.21. The van der Waals surface area contributed by atoms with E-state index < -0.39 is 40.7 Å². The van der Waals surface area contributed by atoms with Crippen LogP contribution in [0.4, 0.5) is 0 Å². The van der Waals surface area contributed by atoms with Gasteiger partial charge in [-0.05, 0) is 66.4 Å². The maximum Gasteiger partial charge on any atom is 0.317 e. The minimum Gasteiger partial charge on any atom is -0.508 e. The number of carbonyl (C=O) groups is 2. The van der Waals surface area contributed by atoms with Crippen LogP contribution in [-0.2, 0) is 36.0 Å². The molecule has 1 aliphatic heterocycles. The number of phenols is 2.